The van der Waals surface area contributed by atoms with Gasteiger partial charge in [0, 0.05) is 25.4 Å². The second-order valence-corrected chi connectivity index (χ2v) is 7.73. The standard InChI is InChI=1S/C23H27NO3/c1-16(2)19(17-9-5-3-6-10-17)13-22(25)24-14-20(21(15-24)23(26)27)18-11-7-4-8-12-18/h3-12,16,19-21H,13-15H2,1-2H3,(H,26,27)/t19?,20-,21-/m0/s1. The zero-order valence-corrected chi connectivity index (χ0v) is 15.9. The number of carboxylic acid groups (broad SMARTS) is 1. The van der Waals surface area contributed by atoms with Gasteiger partial charge in [0.15, 0.2) is 0 Å². The van der Waals surface area contributed by atoms with Crippen LogP contribution in [0, 0.1) is 11.8 Å². The van der Waals surface area contributed by atoms with Crippen LogP contribution in [0.25, 0.3) is 0 Å². The normalized spacial score (nSPS) is 20.6. The van der Waals surface area contributed by atoms with Gasteiger partial charge < -0.3 is 10.0 Å². The summed E-state index contributed by atoms with van der Waals surface area (Å²) in [6.07, 6.45) is 0.412. The highest BCUT2D eigenvalue weighted by Gasteiger charge is 2.40. The number of carboxylic acids is 1. The first-order valence-electron chi connectivity index (χ1n) is 9.57. The highest BCUT2D eigenvalue weighted by molar-refractivity contribution is 5.80. The van der Waals surface area contributed by atoms with Crippen molar-refractivity contribution in [2.24, 2.45) is 11.8 Å². The summed E-state index contributed by atoms with van der Waals surface area (Å²) >= 11 is 0. The lowest BCUT2D eigenvalue weighted by molar-refractivity contribution is -0.141. The minimum absolute atomic E-state index is 0.0437. The van der Waals surface area contributed by atoms with Crippen molar-refractivity contribution in [3.63, 3.8) is 0 Å². The number of carbonyl (C=O) groups is 2. The van der Waals surface area contributed by atoms with E-state index in [9.17, 15) is 14.7 Å². The van der Waals surface area contributed by atoms with Crippen molar-refractivity contribution in [1.29, 1.82) is 0 Å². The topological polar surface area (TPSA) is 57.6 Å². The molecule has 0 aliphatic carbocycles. The molecule has 1 unspecified atom stereocenters. The largest absolute Gasteiger partial charge is 0.481 e. The van der Waals surface area contributed by atoms with Gasteiger partial charge in [-0.05, 0) is 23.0 Å². The van der Waals surface area contributed by atoms with Crippen LogP contribution in [0.2, 0.25) is 0 Å². The number of hydrogen-bond donors (Lipinski definition) is 1. The molecule has 2 aromatic carbocycles. The third-order valence-electron chi connectivity index (χ3n) is 5.64. The third-order valence-corrected chi connectivity index (χ3v) is 5.64. The van der Waals surface area contributed by atoms with Crippen LogP contribution in [-0.2, 0) is 9.59 Å². The summed E-state index contributed by atoms with van der Waals surface area (Å²) in [6, 6.07) is 19.8. The molecule has 1 aliphatic heterocycles. The van der Waals surface area contributed by atoms with Crippen molar-refractivity contribution in [2.45, 2.75) is 32.1 Å². The predicted molar refractivity (Wildman–Crippen MR) is 106 cm³/mol. The lowest BCUT2D eigenvalue weighted by atomic mass is 9.85. The Hall–Kier alpha value is -2.62. The van der Waals surface area contributed by atoms with Crippen molar-refractivity contribution < 1.29 is 14.7 Å². The van der Waals surface area contributed by atoms with Crippen LogP contribution in [-0.4, -0.2) is 35.0 Å². The van der Waals surface area contributed by atoms with Crippen molar-refractivity contribution in [2.75, 3.05) is 13.1 Å². The fourth-order valence-electron chi connectivity index (χ4n) is 4.05. The Kier molecular flexibility index (Phi) is 5.94. The van der Waals surface area contributed by atoms with Gasteiger partial charge >= 0.3 is 5.97 Å². The van der Waals surface area contributed by atoms with Gasteiger partial charge in [0.1, 0.15) is 0 Å². The molecule has 1 saturated heterocycles. The molecular weight excluding hydrogens is 338 g/mol. The summed E-state index contributed by atoms with van der Waals surface area (Å²) < 4.78 is 0. The van der Waals surface area contributed by atoms with E-state index >= 15 is 0 Å². The lowest BCUT2D eigenvalue weighted by Gasteiger charge is -2.24. The highest BCUT2D eigenvalue weighted by Crippen LogP contribution is 2.35. The summed E-state index contributed by atoms with van der Waals surface area (Å²) in [5.74, 6) is -1.02. The third kappa shape index (κ3) is 4.38. The maximum Gasteiger partial charge on any atom is 0.308 e. The number of hydrogen-bond acceptors (Lipinski definition) is 2. The Balaban J connectivity index is 1.75. The number of rotatable bonds is 6. The van der Waals surface area contributed by atoms with Crippen LogP contribution in [0.4, 0.5) is 0 Å². The minimum atomic E-state index is -0.831. The first-order chi connectivity index (χ1) is 13.0. The van der Waals surface area contributed by atoms with Crippen molar-refractivity contribution in [1.82, 2.24) is 4.90 Å². The molecule has 142 valence electrons. The Bertz CT molecular complexity index is 773. The van der Waals surface area contributed by atoms with Crippen LogP contribution >= 0.6 is 0 Å². The minimum Gasteiger partial charge on any atom is -0.481 e. The monoisotopic (exact) mass is 365 g/mol. The van der Waals surface area contributed by atoms with Gasteiger partial charge in [-0.1, -0.05) is 74.5 Å². The van der Waals surface area contributed by atoms with Crippen LogP contribution in [0.5, 0.6) is 0 Å². The van der Waals surface area contributed by atoms with Crippen LogP contribution in [0.1, 0.15) is 43.2 Å². The van der Waals surface area contributed by atoms with Gasteiger partial charge in [0.25, 0.3) is 0 Å². The van der Waals surface area contributed by atoms with Gasteiger partial charge in [-0.25, -0.2) is 0 Å². The number of benzene rings is 2. The molecule has 3 rings (SSSR count). The molecule has 0 bridgehead atoms. The van der Waals surface area contributed by atoms with E-state index in [0.29, 0.717) is 18.9 Å². The van der Waals surface area contributed by atoms with E-state index in [2.05, 4.69) is 26.0 Å². The van der Waals surface area contributed by atoms with Crippen LogP contribution in [0.3, 0.4) is 0 Å². The summed E-state index contributed by atoms with van der Waals surface area (Å²) in [5.41, 5.74) is 2.15. The first kappa shape index (κ1) is 19.2. The van der Waals surface area contributed by atoms with Crippen molar-refractivity contribution in [3.05, 3.63) is 71.8 Å². The SMILES string of the molecule is CC(C)C(CC(=O)N1C[C@H](C(=O)O)[C@H](c2ccccc2)C1)c1ccccc1. The summed E-state index contributed by atoms with van der Waals surface area (Å²) in [5, 5.41) is 9.65. The second kappa shape index (κ2) is 8.38. The quantitative estimate of drug-likeness (QED) is 0.837. The second-order valence-electron chi connectivity index (χ2n) is 7.73. The van der Waals surface area contributed by atoms with Crippen LogP contribution in [0.15, 0.2) is 60.7 Å². The van der Waals surface area contributed by atoms with E-state index in [0.717, 1.165) is 11.1 Å². The number of carbonyl (C=O) groups excluding carboxylic acids is 1. The zero-order valence-electron chi connectivity index (χ0n) is 15.9. The van der Waals surface area contributed by atoms with Gasteiger partial charge in [-0.2, -0.15) is 0 Å². The summed E-state index contributed by atoms with van der Waals surface area (Å²) in [6.45, 7) is 5.01. The molecule has 1 fully saturated rings. The fraction of sp³-hybridized carbons (Fsp3) is 0.391. The zero-order chi connectivity index (χ0) is 19.4. The number of aliphatic carboxylic acids is 1. The Labute approximate surface area is 160 Å². The molecule has 0 spiro atoms. The molecule has 2 aromatic rings. The maximum atomic E-state index is 13.0. The van der Waals surface area contributed by atoms with Gasteiger partial charge in [0.2, 0.25) is 5.91 Å². The first-order valence-corrected chi connectivity index (χ1v) is 9.57. The number of amides is 1. The van der Waals surface area contributed by atoms with Crippen molar-refractivity contribution >= 4 is 11.9 Å². The fourth-order valence-corrected chi connectivity index (χ4v) is 4.05. The molecule has 4 heteroatoms. The molecule has 1 amide bonds. The van der Waals surface area contributed by atoms with E-state index in [1.165, 1.54) is 0 Å². The smallest absolute Gasteiger partial charge is 0.308 e. The average Bonchev–Trinajstić information content (AvgIpc) is 3.13. The molecule has 1 heterocycles. The molecule has 4 nitrogen and oxygen atoms in total. The van der Waals surface area contributed by atoms with Crippen LogP contribution < -0.4 is 0 Å². The summed E-state index contributed by atoms with van der Waals surface area (Å²) in [7, 11) is 0. The molecule has 0 aromatic heterocycles. The molecule has 0 saturated carbocycles. The Morgan fingerprint density at radius 1 is 1.00 bits per heavy atom. The predicted octanol–water partition coefficient (Wildman–Crippen LogP) is 4.14. The number of nitrogens with zero attached hydrogens (tertiary/aromatic N) is 1. The van der Waals surface area contributed by atoms with E-state index in [4.69, 9.17) is 0 Å². The molecule has 1 aliphatic rings. The van der Waals surface area contributed by atoms with Crippen molar-refractivity contribution in [3.8, 4) is 0 Å². The maximum absolute atomic E-state index is 13.0. The van der Waals surface area contributed by atoms with Gasteiger partial charge in [0.05, 0.1) is 5.92 Å². The lowest BCUT2D eigenvalue weighted by Crippen LogP contribution is -2.31. The Morgan fingerprint density at radius 3 is 2.15 bits per heavy atom. The molecular formula is C23H27NO3. The van der Waals surface area contributed by atoms with E-state index < -0.39 is 11.9 Å². The highest BCUT2D eigenvalue weighted by atomic mass is 16.4. The molecule has 3 atom stereocenters. The number of likely N-dealkylation sites (tertiary alicyclic amines) is 1. The van der Waals surface area contributed by atoms with E-state index in [-0.39, 0.29) is 24.3 Å². The van der Waals surface area contributed by atoms with E-state index in [1.54, 1.807) is 4.90 Å². The molecule has 27 heavy (non-hydrogen) atoms. The van der Waals surface area contributed by atoms with E-state index in [1.807, 2.05) is 48.5 Å². The van der Waals surface area contributed by atoms with Gasteiger partial charge in [-0.15, -0.1) is 0 Å². The average molecular weight is 365 g/mol. The molecule has 1 N–H and O–H groups in total. The molecule has 0 radical (unpaired) electrons. The van der Waals surface area contributed by atoms with Gasteiger partial charge in [-0.3, -0.25) is 9.59 Å². The Morgan fingerprint density at radius 2 is 1.59 bits per heavy atom. The summed E-state index contributed by atoms with van der Waals surface area (Å²) in [4.78, 5) is 26.5.